The largest absolute Gasteiger partial charge is 0.494 e. The maximum atomic E-state index is 12.7. The fourth-order valence-electron chi connectivity index (χ4n) is 4.09. The molecule has 0 atom stereocenters. The molecule has 2 aliphatic heterocycles. The van der Waals surface area contributed by atoms with E-state index in [9.17, 15) is 4.79 Å². The highest BCUT2D eigenvalue weighted by molar-refractivity contribution is 5.77. The van der Waals surface area contributed by atoms with Crippen molar-refractivity contribution in [2.75, 3.05) is 39.5 Å². The fraction of sp³-hybridized carbons (Fsp3) is 0.667. The van der Waals surface area contributed by atoms with Crippen LogP contribution in [-0.4, -0.2) is 56.4 Å². The summed E-state index contributed by atoms with van der Waals surface area (Å²) in [7, 11) is 0. The van der Waals surface area contributed by atoms with Crippen molar-refractivity contribution in [2.24, 2.45) is 5.41 Å². The number of nitrogens with zero attached hydrogens (tertiary/aromatic N) is 1. The molecule has 0 N–H and O–H groups in total. The van der Waals surface area contributed by atoms with Gasteiger partial charge in [0.15, 0.2) is 0 Å². The molecule has 0 spiro atoms. The second kappa shape index (κ2) is 9.38. The minimum Gasteiger partial charge on any atom is -0.494 e. The van der Waals surface area contributed by atoms with Crippen molar-refractivity contribution >= 4 is 5.97 Å². The molecule has 0 aliphatic carbocycles. The predicted octanol–water partition coefficient (Wildman–Crippen LogP) is 3.28. The van der Waals surface area contributed by atoms with Gasteiger partial charge in [0.2, 0.25) is 0 Å². The number of ether oxygens (including phenoxy) is 3. The summed E-state index contributed by atoms with van der Waals surface area (Å²) in [5.74, 6) is 0.800. The summed E-state index contributed by atoms with van der Waals surface area (Å²) in [5, 5.41) is 0. The van der Waals surface area contributed by atoms with Gasteiger partial charge in [0, 0.05) is 19.3 Å². The Bertz CT molecular complexity index is 548. The summed E-state index contributed by atoms with van der Waals surface area (Å²) in [6.45, 7) is 6.47. The minimum atomic E-state index is -0.410. The number of para-hydroxylation sites is 1. The third-order valence-corrected chi connectivity index (χ3v) is 5.76. The molecular weight excluding hydrogens is 330 g/mol. The van der Waals surface area contributed by atoms with Gasteiger partial charge < -0.3 is 19.1 Å². The molecule has 0 unspecified atom stereocenters. The zero-order valence-electron chi connectivity index (χ0n) is 15.8. The van der Waals surface area contributed by atoms with Crippen molar-refractivity contribution in [3.8, 4) is 5.75 Å². The number of benzene rings is 1. The monoisotopic (exact) mass is 361 g/mol. The van der Waals surface area contributed by atoms with Crippen LogP contribution >= 0.6 is 0 Å². The Morgan fingerprint density at radius 2 is 1.88 bits per heavy atom. The molecule has 144 valence electrons. The second-order valence-corrected chi connectivity index (χ2v) is 7.29. The Morgan fingerprint density at radius 3 is 2.54 bits per heavy atom. The molecular formula is C21H31NO4. The molecule has 0 saturated carbocycles. The van der Waals surface area contributed by atoms with E-state index in [0.29, 0.717) is 25.7 Å². The maximum Gasteiger partial charge on any atom is 0.312 e. The zero-order chi connectivity index (χ0) is 18.2. The predicted molar refractivity (Wildman–Crippen MR) is 100 cm³/mol. The first kappa shape index (κ1) is 19.2. The quantitative estimate of drug-likeness (QED) is 0.698. The smallest absolute Gasteiger partial charge is 0.312 e. The van der Waals surface area contributed by atoms with E-state index in [1.54, 1.807) is 0 Å². The van der Waals surface area contributed by atoms with Gasteiger partial charge in [-0.25, -0.2) is 0 Å². The van der Waals surface area contributed by atoms with Crippen LogP contribution in [0.5, 0.6) is 5.75 Å². The lowest BCUT2D eigenvalue weighted by molar-refractivity contribution is -0.160. The lowest BCUT2D eigenvalue weighted by Gasteiger charge is -2.43. The van der Waals surface area contributed by atoms with Gasteiger partial charge >= 0.3 is 5.97 Å². The van der Waals surface area contributed by atoms with Gasteiger partial charge in [-0.1, -0.05) is 18.2 Å². The van der Waals surface area contributed by atoms with Gasteiger partial charge in [0.25, 0.3) is 0 Å². The number of hydrogen-bond donors (Lipinski definition) is 0. The standard InChI is InChI=1S/C21H31NO4/c1-2-25-20(23)21(12-17-26-19-6-4-3-5-7-19)10-13-22(14-11-21)18-8-15-24-16-9-18/h3-7,18H,2,8-17H2,1H3. The third kappa shape index (κ3) is 4.77. The number of rotatable bonds is 7. The first-order valence-electron chi connectivity index (χ1n) is 9.90. The van der Waals surface area contributed by atoms with Gasteiger partial charge in [-0.3, -0.25) is 4.79 Å². The van der Waals surface area contributed by atoms with E-state index in [-0.39, 0.29) is 5.97 Å². The van der Waals surface area contributed by atoms with E-state index in [1.165, 1.54) is 0 Å². The summed E-state index contributed by atoms with van der Waals surface area (Å²) in [6.07, 6.45) is 4.61. The van der Waals surface area contributed by atoms with Crippen molar-refractivity contribution in [1.29, 1.82) is 0 Å². The van der Waals surface area contributed by atoms with Gasteiger partial charge in [0.1, 0.15) is 5.75 Å². The third-order valence-electron chi connectivity index (χ3n) is 5.76. The molecule has 0 amide bonds. The Balaban J connectivity index is 1.57. The van der Waals surface area contributed by atoms with Crippen molar-refractivity contribution < 1.29 is 19.0 Å². The number of hydrogen-bond acceptors (Lipinski definition) is 5. The maximum absolute atomic E-state index is 12.7. The van der Waals surface area contributed by atoms with Crippen molar-refractivity contribution in [3.05, 3.63) is 30.3 Å². The van der Waals surface area contributed by atoms with Crippen LogP contribution < -0.4 is 4.74 Å². The zero-order valence-corrected chi connectivity index (χ0v) is 15.8. The fourth-order valence-corrected chi connectivity index (χ4v) is 4.09. The highest BCUT2D eigenvalue weighted by atomic mass is 16.5. The molecule has 2 fully saturated rings. The van der Waals surface area contributed by atoms with Gasteiger partial charge in [0.05, 0.1) is 18.6 Å². The lowest BCUT2D eigenvalue weighted by Crippen LogP contribution is -2.50. The van der Waals surface area contributed by atoms with E-state index in [2.05, 4.69) is 4.90 Å². The summed E-state index contributed by atoms with van der Waals surface area (Å²) in [4.78, 5) is 15.3. The molecule has 1 aromatic rings. The molecule has 2 heterocycles. The van der Waals surface area contributed by atoms with Gasteiger partial charge in [-0.2, -0.15) is 0 Å². The number of carbonyl (C=O) groups is 1. The van der Waals surface area contributed by atoms with Gasteiger partial charge in [-0.15, -0.1) is 0 Å². The first-order chi connectivity index (χ1) is 12.7. The van der Waals surface area contributed by atoms with Crippen molar-refractivity contribution in [1.82, 2.24) is 4.90 Å². The summed E-state index contributed by atoms with van der Waals surface area (Å²) in [6, 6.07) is 10.4. The molecule has 5 heteroatoms. The van der Waals surface area contributed by atoms with Crippen LogP contribution in [0.1, 0.15) is 39.0 Å². The second-order valence-electron chi connectivity index (χ2n) is 7.29. The molecule has 26 heavy (non-hydrogen) atoms. The summed E-state index contributed by atoms with van der Waals surface area (Å²) >= 11 is 0. The Labute approximate surface area is 156 Å². The SMILES string of the molecule is CCOC(=O)C1(CCOc2ccccc2)CCN(C2CCOCC2)CC1. The lowest BCUT2D eigenvalue weighted by atomic mass is 9.75. The van der Waals surface area contributed by atoms with Crippen LogP contribution in [-0.2, 0) is 14.3 Å². The van der Waals surface area contributed by atoms with E-state index >= 15 is 0 Å². The summed E-state index contributed by atoms with van der Waals surface area (Å²) in [5.41, 5.74) is -0.410. The molecule has 3 rings (SSSR count). The van der Waals surface area contributed by atoms with E-state index in [0.717, 1.165) is 57.7 Å². The van der Waals surface area contributed by atoms with E-state index in [1.807, 2.05) is 37.3 Å². The van der Waals surface area contributed by atoms with Crippen molar-refractivity contribution in [3.63, 3.8) is 0 Å². The van der Waals surface area contributed by atoms with Crippen molar-refractivity contribution in [2.45, 2.75) is 45.1 Å². The van der Waals surface area contributed by atoms with E-state index in [4.69, 9.17) is 14.2 Å². The average molecular weight is 361 g/mol. The normalized spacial score (nSPS) is 21.3. The van der Waals surface area contributed by atoms with E-state index < -0.39 is 5.41 Å². The topological polar surface area (TPSA) is 48.0 Å². The van der Waals surface area contributed by atoms with Crippen LogP contribution in [0.15, 0.2) is 30.3 Å². The molecule has 2 saturated heterocycles. The highest BCUT2D eigenvalue weighted by Crippen LogP contribution is 2.38. The number of likely N-dealkylation sites (tertiary alicyclic amines) is 1. The average Bonchev–Trinajstić information content (AvgIpc) is 2.70. The number of carbonyl (C=O) groups excluding carboxylic acids is 1. The van der Waals surface area contributed by atoms with Crippen LogP contribution in [0.3, 0.4) is 0 Å². The molecule has 0 radical (unpaired) electrons. The van der Waals surface area contributed by atoms with Crippen LogP contribution in [0.4, 0.5) is 0 Å². The Kier molecular flexibility index (Phi) is 6.92. The Hall–Kier alpha value is -1.59. The first-order valence-corrected chi connectivity index (χ1v) is 9.90. The molecule has 0 aromatic heterocycles. The number of esters is 1. The van der Waals surface area contributed by atoms with Gasteiger partial charge in [-0.05, 0) is 64.3 Å². The molecule has 0 bridgehead atoms. The molecule has 5 nitrogen and oxygen atoms in total. The van der Waals surface area contributed by atoms with Crippen LogP contribution in [0.25, 0.3) is 0 Å². The minimum absolute atomic E-state index is 0.0525. The molecule has 1 aromatic carbocycles. The molecule has 2 aliphatic rings. The Morgan fingerprint density at radius 1 is 1.19 bits per heavy atom. The van der Waals surface area contributed by atoms with Crippen LogP contribution in [0, 0.1) is 5.41 Å². The highest BCUT2D eigenvalue weighted by Gasteiger charge is 2.43. The summed E-state index contributed by atoms with van der Waals surface area (Å²) < 4.78 is 16.8. The number of piperidine rings is 1. The van der Waals surface area contributed by atoms with Crippen LogP contribution in [0.2, 0.25) is 0 Å².